The fraction of sp³-hybridized carbons (Fsp3) is 0.200. The summed E-state index contributed by atoms with van der Waals surface area (Å²) in [4.78, 5) is 10.6. The van der Waals surface area contributed by atoms with Crippen LogP contribution in [0.3, 0.4) is 0 Å². The van der Waals surface area contributed by atoms with Crippen LogP contribution >= 0.6 is 0 Å². The van der Waals surface area contributed by atoms with Crippen LogP contribution in [0.25, 0.3) is 0 Å². The summed E-state index contributed by atoms with van der Waals surface area (Å²) in [7, 11) is 0. The van der Waals surface area contributed by atoms with Crippen LogP contribution < -0.4 is 0 Å². The fourth-order valence-corrected chi connectivity index (χ4v) is 0.775. The molecule has 0 fully saturated rings. The Bertz CT molecular complexity index is 369. The van der Waals surface area contributed by atoms with Gasteiger partial charge in [0.25, 0.3) is 0 Å². The molecule has 0 heterocycles. The predicted octanol–water partition coefficient (Wildman–Crippen LogP) is 2.70. The second-order valence-corrected chi connectivity index (χ2v) is 2.40. The lowest BCUT2D eigenvalue weighted by Gasteiger charge is -1.96. The third-order valence-corrected chi connectivity index (χ3v) is 1.31. The summed E-state index contributed by atoms with van der Waals surface area (Å²) in [6.07, 6.45) is 0. The average Bonchev–Trinajstić information content (AvgIpc) is 2.04. The van der Waals surface area contributed by atoms with Crippen LogP contribution in [0.15, 0.2) is 18.2 Å². The van der Waals surface area contributed by atoms with E-state index in [-0.39, 0.29) is 5.56 Å². The molecular formula is C10H9F2NO. The average molecular weight is 197 g/mol. The summed E-state index contributed by atoms with van der Waals surface area (Å²) >= 11 is 0. The molecule has 0 aliphatic heterocycles. The monoisotopic (exact) mass is 197 g/mol. The van der Waals surface area contributed by atoms with Gasteiger partial charge in [-0.15, -0.1) is 0 Å². The zero-order valence-electron chi connectivity index (χ0n) is 7.84. The van der Waals surface area contributed by atoms with Gasteiger partial charge in [-0.25, -0.2) is 8.78 Å². The molecule has 1 aromatic carbocycles. The van der Waals surface area contributed by atoms with Gasteiger partial charge in [0.1, 0.15) is 11.6 Å². The van der Waals surface area contributed by atoms with E-state index in [0.717, 1.165) is 12.1 Å². The van der Waals surface area contributed by atoms with E-state index in [1.807, 2.05) is 0 Å². The maximum absolute atomic E-state index is 12.6. The largest absolute Gasteiger partial charge is 0.294 e. The second-order valence-electron chi connectivity index (χ2n) is 2.40. The molecule has 4 heteroatoms. The number of hydrogen-bond acceptors (Lipinski definition) is 2. The van der Waals surface area contributed by atoms with Gasteiger partial charge in [-0.05, 0) is 19.1 Å². The molecule has 0 N–H and O–H groups in total. The number of hydrogen-bond donors (Lipinski definition) is 0. The van der Waals surface area contributed by atoms with E-state index in [9.17, 15) is 13.6 Å². The summed E-state index contributed by atoms with van der Waals surface area (Å²) in [5, 5.41) is 7.32. The summed E-state index contributed by atoms with van der Waals surface area (Å²) in [5.74, 6) is -1.88. The quantitative estimate of drug-likeness (QED) is 0.649. The molecule has 0 spiro atoms. The summed E-state index contributed by atoms with van der Waals surface area (Å²) in [6, 6.07) is 4.63. The smallest absolute Gasteiger partial charge is 0.162 e. The normalized spacial score (nSPS) is 8.21. The minimum atomic E-state index is -0.808. The molecule has 0 bridgehead atoms. The Kier molecular flexibility index (Phi) is 5.08. The van der Waals surface area contributed by atoms with Gasteiger partial charge in [-0.3, -0.25) is 4.79 Å². The third kappa shape index (κ3) is 3.76. The van der Waals surface area contributed by atoms with E-state index in [0.29, 0.717) is 6.07 Å². The van der Waals surface area contributed by atoms with Gasteiger partial charge >= 0.3 is 0 Å². The highest BCUT2D eigenvalue weighted by Crippen LogP contribution is 2.09. The van der Waals surface area contributed by atoms with Crippen molar-refractivity contribution in [1.29, 1.82) is 5.26 Å². The summed E-state index contributed by atoms with van der Waals surface area (Å²) in [6.45, 7) is 2.66. The van der Waals surface area contributed by atoms with E-state index in [1.54, 1.807) is 6.07 Å². The molecule has 0 aliphatic rings. The van der Waals surface area contributed by atoms with E-state index >= 15 is 0 Å². The number of Topliss-reactive ketones (excluding diaryl/α,β-unsaturated/α-hetero) is 1. The molecule has 0 unspecified atom stereocenters. The van der Waals surface area contributed by atoms with Crippen molar-refractivity contribution in [2.45, 2.75) is 13.8 Å². The summed E-state index contributed by atoms with van der Waals surface area (Å²) < 4.78 is 24.9. The number of ketones is 1. The number of rotatable bonds is 1. The topological polar surface area (TPSA) is 40.9 Å². The minimum absolute atomic E-state index is 0.0774. The minimum Gasteiger partial charge on any atom is -0.294 e. The van der Waals surface area contributed by atoms with Crippen molar-refractivity contribution in [3.8, 4) is 6.07 Å². The molecule has 0 aromatic heterocycles. The first kappa shape index (κ1) is 12.2. The third-order valence-electron chi connectivity index (χ3n) is 1.31. The van der Waals surface area contributed by atoms with Gasteiger partial charge in [0.15, 0.2) is 5.78 Å². The lowest BCUT2D eigenvalue weighted by atomic mass is 10.1. The maximum Gasteiger partial charge on any atom is 0.162 e. The first-order chi connectivity index (χ1) is 6.52. The van der Waals surface area contributed by atoms with Crippen LogP contribution in [-0.4, -0.2) is 5.78 Å². The zero-order chi connectivity index (χ0) is 11.1. The Morgan fingerprint density at radius 3 is 2.29 bits per heavy atom. The second kappa shape index (κ2) is 5.81. The van der Waals surface area contributed by atoms with Crippen molar-refractivity contribution < 1.29 is 13.6 Å². The fourth-order valence-electron chi connectivity index (χ4n) is 0.775. The van der Waals surface area contributed by atoms with Crippen molar-refractivity contribution in [3.05, 3.63) is 35.4 Å². The van der Waals surface area contributed by atoms with Gasteiger partial charge < -0.3 is 0 Å². The molecule has 1 aromatic rings. The maximum atomic E-state index is 12.6. The van der Waals surface area contributed by atoms with Gasteiger partial charge in [0.05, 0.1) is 11.6 Å². The Labute approximate surface area is 80.8 Å². The predicted molar refractivity (Wildman–Crippen MR) is 47.6 cm³/mol. The van der Waals surface area contributed by atoms with Gasteiger partial charge in [0.2, 0.25) is 0 Å². The molecule has 0 aliphatic carbocycles. The highest BCUT2D eigenvalue weighted by Gasteiger charge is 2.06. The first-order valence-electron chi connectivity index (χ1n) is 3.79. The van der Waals surface area contributed by atoms with Gasteiger partial charge in [-0.2, -0.15) is 5.26 Å². The van der Waals surface area contributed by atoms with E-state index in [2.05, 4.69) is 0 Å². The van der Waals surface area contributed by atoms with Crippen molar-refractivity contribution in [2.24, 2.45) is 0 Å². The number of benzene rings is 1. The van der Waals surface area contributed by atoms with Crippen LogP contribution in [0.5, 0.6) is 0 Å². The molecule has 0 saturated heterocycles. The van der Waals surface area contributed by atoms with Crippen LogP contribution in [0, 0.1) is 23.0 Å². The highest BCUT2D eigenvalue weighted by molar-refractivity contribution is 5.94. The van der Waals surface area contributed by atoms with Crippen molar-refractivity contribution in [2.75, 3.05) is 0 Å². The molecule has 0 radical (unpaired) electrons. The van der Waals surface area contributed by atoms with Gasteiger partial charge in [-0.1, -0.05) is 0 Å². The molecule has 0 saturated carbocycles. The van der Waals surface area contributed by atoms with E-state index < -0.39 is 17.4 Å². The van der Waals surface area contributed by atoms with Crippen LogP contribution in [0.2, 0.25) is 0 Å². The van der Waals surface area contributed by atoms with Crippen LogP contribution in [0.4, 0.5) is 8.78 Å². The Morgan fingerprint density at radius 1 is 1.43 bits per heavy atom. The standard InChI is InChI=1S/C8H6F2O.C2H3N/c1-5(11)7-3-2-6(9)4-8(7)10;1-2-3/h2-4H,1H3;1H3. The Morgan fingerprint density at radius 2 is 1.93 bits per heavy atom. The molecule has 1 rings (SSSR count). The first-order valence-corrected chi connectivity index (χ1v) is 3.79. The molecule has 74 valence electrons. The van der Waals surface area contributed by atoms with Crippen LogP contribution in [-0.2, 0) is 0 Å². The van der Waals surface area contributed by atoms with Gasteiger partial charge in [0, 0.05) is 13.0 Å². The Hall–Kier alpha value is -1.76. The molecule has 0 atom stereocenters. The summed E-state index contributed by atoms with van der Waals surface area (Å²) in [5.41, 5.74) is -0.0774. The van der Waals surface area contributed by atoms with Crippen molar-refractivity contribution in [1.82, 2.24) is 0 Å². The lowest BCUT2D eigenvalue weighted by molar-refractivity contribution is 0.101. The lowest BCUT2D eigenvalue weighted by Crippen LogP contribution is -1.96. The Balaban J connectivity index is 0.000000500. The number of carbonyl (C=O) groups excluding carboxylic acids is 1. The number of halogens is 2. The highest BCUT2D eigenvalue weighted by atomic mass is 19.1. The number of nitriles is 1. The number of nitrogens with zero attached hydrogens (tertiary/aromatic N) is 1. The van der Waals surface area contributed by atoms with Crippen LogP contribution in [0.1, 0.15) is 24.2 Å². The SMILES string of the molecule is CC#N.CC(=O)c1ccc(F)cc1F. The number of carbonyl (C=O) groups is 1. The zero-order valence-corrected chi connectivity index (χ0v) is 7.84. The molecule has 14 heavy (non-hydrogen) atoms. The molecular weight excluding hydrogens is 188 g/mol. The van der Waals surface area contributed by atoms with E-state index in [4.69, 9.17) is 5.26 Å². The molecule has 0 amide bonds. The van der Waals surface area contributed by atoms with Crippen molar-refractivity contribution >= 4 is 5.78 Å². The molecule has 2 nitrogen and oxygen atoms in total. The van der Waals surface area contributed by atoms with E-state index in [1.165, 1.54) is 13.8 Å². The van der Waals surface area contributed by atoms with Crippen molar-refractivity contribution in [3.63, 3.8) is 0 Å².